The summed E-state index contributed by atoms with van der Waals surface area (Å²) in [6.07, 6.45) is 0.425. The Hall–Kier alpha value is -2.30. The number of hydrogen-bond acceptors (Lipinski definition) is 3. The molecule has 1 aromatic heterocycles. The van der Waals surface area contributed by atoms with E-state index in [1.165, 1.54) is 0 Å². The van der Waals surface area contributed by atoms with Crippen molar-refractivity contribution >= 4 is 22.8 Å². The second-order valence-electron chi connectivity index (χ2n) is 5.20. The maximum absolute atomic E-state index is 11.9. The third-order valence-electron chi connectivity index (χ3n) is 3.67. The van der Waals surface area contributed by atoms with Crippen LogP contribution in [0.15, 0.2) is 34.7 Å². The summed E-state index contributed by atoms with van der Waals surface area (Å²) in [5.74, 6) is -1.38. The van der Waals surface area contributed by atoms with Crippen molar-refractivity contribution in [3.05, 3.63) is 36.1 Å². The van der Waals surface area contributed by atoms with Crippen LogP contribution in [0.1, 0.15) is 25.1 Å². The van der Waals surface area contributed by atoms with Crippen LogP contribution < -0.4 is 5.32 Å². The smallest absolute Gasteiger partial charge is 0.307 e. The van der Waals surface area contributed by atoms with E-state index in [0.717, 1.165) is 11.0 Å². The fourth-order valence-electron chi connectivity index (χ4n) is 2.37. The Morgan fingerprint density at radius 2 is 2.10 bits per heavy atom. The highest BCUT2D eigenvalue weighted by Gasteiger charge is 2.48. The number of benzene rings is 1. The molecule has 1 aliphatic carbocycles. The lowest BCUT2D eigenvalue weighted by molar-refractivity contribution is -0.140. The van der Waals surface area contributed by atoms with Crippen molar-refractivity contribution in [3.8, 4) is 0 Å². The van der Waals surface area contributed by atoms with Gasteiger partial charge in [-0.1, -0.05) is 18.2 Å². The molecule has 3 rings (SSSR count). The lowest BCUT2D eigenvalue weighted by Gasteiger charge is -2.10. The molecule has 0 saturated heterocycles. The topological polar surface area (TPSA) is 79.5 Å². The molecule has 2 unspecified atom stereocenters. The van der Waals surface area contributed by atoms with Gasteiger partial charge in [-0.05, 0) is 25.5 Å². The van der Waals surface area contributed by atoms with Crippen LogP contribution in [-0.2, 0) is 9.59 Å². The summed E-state index contributed by atoms with van der Waals surface area (Å²) in [5.41, 5.74) is 0.776. The Labute approximate surface area is 115 Å². The van der Waals surface area contributed by atoms with Gasteiger partial charge in [-0.25, -0.2) is 0 Å². The summed E-state index contributed by atoms with van der Waals surface area (Å²) in [7, 11) is 0. The average Bonchev–Trinajstić information content (AvgIpc) is 3.11. The van der Waals surface area contributed by atoms with E-state index in [9.17, 15) is 9.59 Å². The molecule has 5 nitrogen and oxygen atoms in total. The molecule has 0 aliphatic heterocycles. The molecule has 1 aliphatic rings. The van der Waals surface area contributed by atoms with Gasteiger partial charge in [0.15, 0.2) is 0 Å². The van der Waals surface area contributed by atoms with E-state index >= 15 is 0 Å². The first-order valence-corrected chi connectivity index (χ1v) is 6.58. The van der Waals surface area contributed by atoms with Gasteiger partial charge in [0.25, 0.3) is 0 Å². The fourth-order valence-corrected chi connectivity index (χ4v) is 2.37. The molecule has 5 heteroatoms. The molecule has 0 spiro atoms. The van der Waals surface area contributed by atoms with Gasteiger partial charge in [0, 0.05) is 5.39 Å². The monoisotopic (exact) mass is 273 g/mol. The van der Waals surface area contributed by atoms with Crippen LogP contribution in [0.3, 0.4) is 0 Å². The minimum absolute atomic E-state index is 0.217. The summed E-state index contributed by atoms with van der Waals surface area (Å²) < 4.78 is 5.67. The number of carbonyl (C=O) groups excluding carboxylic acids is 1. The minimum atomic E-state index is -0.901. The molecule has 1 aromatic carbocycles. The number of fused-ring (bicyclic) bond motifs is 1. The molecular weight excluding hydrogens is 258 g/mol. The van der Waals surface area contributed by atoms with Crippen molar-refractivity contribution in [2.75, 3.05) is 0 Å². The molecular formula is C15H15NO4. The van der Waals surface area contributed by atoms with Crippen LogP contribution in [0.2, 0.25) is 0 Å². The third-order valence-corrected chi connectivity index (χ3v) is 3.67. The Kier molecular flexibility index (Phi) is 2.97. The molecule has 104 valence electrons. The number of aliphatic carboxylic acids is 1. The Morgan fingerprint density at radius 3 is 2.75 bits per heavy atom. The largest absolute Gasteiger partial charge is 0.481 e. The number of furan rings is 1. The summed E-state index contributed by atoms with van der Waals surface area (Å²) in [6, 6.07) is 9.24. The number of rotatable bonds is 4. The summed E-state index contributed by atoms with van der Waals surface area (Å²) in [6.45, 7) is 1.83. The normalized spacial score (nSPS) is 22.4. The Bertz CT molecular complexity index is 642. The maximum atomic E-state index is 11.9. The lowest BCUT2D eigenvalue weighted by atomic mass is 10.2. The standard InChI is InChI=1S/C15H15NO4/c1-8(16-14(17)10-7-11(10)15(18)19)13-6-9-4-2-3-5-12(9)20-13/h2-6,8,10-11H,7H2,1H3,(H,16,17)(H,18,19)/t8-,10?,11?/m0/s1. The van der Waals surface area contributed by atoms with Crippen molar-refractivity contribution in [1.29, 1.82) is 0 Å². The molecule has 2 aromatic rings. The van der Waals surface area contributed by atoms with Crippen LogP contribution in [-0.4, -0.2) is 17.0 Å². The van der Waals surface area contributed by atoms with E-state index in [1.807, 2.05) is 37.3 Å². The van der Waals surface area contributed by atoms with E-state index in [-0.39, 0.29) is 11.9 Å². The van der Waals surface area contributed by atoms with E-state index in [2.05, 4.69) is 5.32 Å². The number of hydrogen-bond donors (Lipinski definition) is 2. The van der Waals surface area contributed by atoms with Crippen molar-refractivity contribution in [3.63, 3.8) is 0 Å². The van der Waals surface area contributed by atoms with Crippen molar-refractivity contribution in [2.45, 2.75) is 19.4 Å². The van der Waals surface area contributed by atoms with E-state index in [1.54, 1.807) is 0 Å². The lowest BCUT2D eigenvalue weighted by Crippen LogP contribution is -2.28. The van der Waals surface area contributed by atoms with Crippen LogP contribution in [0, 0.1) is 11.8 Å². The Balaban J connectivity index is 1.68. The molecule has 20 heavy (non-hydrogen) atoms. The van der Waals surface area contributed by atoms with Crippen LogP contribution >= 0.6 is 0 Å². The number of carboxylic acids is 1. The second-order valence-corrected chi connectivity index (χ2v) is 5.20. The van der Waals surface area contributed by atoms with Gasteiger partial charge in [0.1, 0.15) is 11.3 Å². The molecule has 0 bridgehead atoms. The zero-order valence-corrected chi connectivity index (χ0v) is 11.0. The molecule has 1 heterocycles. The number of amides is 1. The second kappa shape index (κ2) is 4.67. The molecule has 1 fully saturated rings. The zero-order chi connectivity index (χ0) is 14.3. The maximum Gasteiger partial charge on any atom is 0.307 e. The van der Waals surface area contributed by atoms with Gasteiger partial charge in [-0.3, -0.25) is 9.59 Å². The molecule has 1 amide bonds. The molecule has 3 atom stereocenters. The highest BCUT2D eigenvalue weighted by molar-refractivity contribution is 5.89. The summed E-state index contributed by atoms with van der Waals surface area (Å²) >= 11 is 0. The van der Waals surface area contributed by atoms with Crippen LogP contribution in [0.4, 0.5) is 0 Å². The number of nitrogens with one attached hydrogen (secondary N) is 1. The minimum Gasteiger partial charge on any atom is -0.481 e. The van der Waals surface area contributed by atoms with E-state index in [4.69, 9.17) is 9.52 Å². The third kappa shape index (κ3) is 2.27. The molecule has 1 saturated carbocycles. The number of carboxylic acid groups (broad SMARTS) is 1. The first kappa shape index (κ1) is 12.7. The quantitative estimate of drug-likeness (QED) is 0.896. The average molecular weight is 273 g/mol. The summed E-state index contributed by atoms with van der Waals surface area (Å²) in [4.78, 5) is 22.7. The van der Waals surface area contributed by atoms with Gasteiger partial charge in [0.2, 0.25) is 5.91 Å². The van der Waals surface area contributed by atoms with E-state index < -0.39 is 17.8 Å². The fraction of sp³-hybridized carbons (Fsp3) is 0.333. The van der Waals surface area contributed by atoms with Gasteiger partial charge in [-0.15, -0.1) is 0 Å². The summed E-state index contributed by atoms with van der Waals surface area (Å²) in [5, 5.41) is 12.6. The number of para-hydroxylation sites is 1. The SMILES string of the molecule is C[C@H](NC(=O)C1CC1C(=O)O)c1cc2ccccc2o1. The zero-order valence-electron chi connectivity index (χ0n) is 11.0. The molecule has 0 radical (unpaired) electrons. The first-order chi connectivity index (χ1) is 9.56. The van der Waals surface area contributed by atoms with Gasteiger partial charge >= 0.3 is 5.97 Å². The van der Waals surface area contributed by atoms with Crippen molar-refractivity contribution in [2.24, 2.45) is 11.8 Å². The van der Waals surface area contributed by atoms with Crippen molar-refractivity contribution in [1.82, 2.24) is 5.32 Å². The van der Waals surface area contributed by atoms with Crippen LogP contribution in [0.25, 0.3) is 11.0 Å². The highest BCUT2D eigenvalue weighted by atomic mass is 16.4. The van der Waals surface area contributed by atoms with E-state index in [0.29, 0.717) is 12.2 Å². The first-order valence-electron chi connectivity index (χ1n) is 6.58. The van der Waals surface area contributed by atoms with Gasteiger partial charge in [-0.2, -0.15) is 0 Å². The number of carbonyl (C=O) groups is 2. The van der Waals surface area contributed by atoms with Crippen LogP contribution in [0.5, 0.6) is 0 Å². The predicted octanol–water partition coefficient (Wildman–Crippen LogP) is 2.33. The molecule has 2 N–H and O–H groups in total. The van der Waals surface area contributed by atoms with Gasteiger partial charge < -0.3 is 14.8 Å². The predicted molar refractivity (Wildman–Crippen MR) is 72.0 cm³/mol. The van der Waals surface area contributed by atoms with Gasteiger partial charge in [0.05, 0.1) is 17.9 Å². The Morgan fingerprint density at radius 1 is 1.35 bits per heavy atom. The highest BCUT2D eigenvalue weighted by Crippen LogP contribution is 2.39. The van der Waals surface area contributed by atoms with Crippen molar-refractivity contribution < 1.29 is 19.1 Å².